The quantitative estimate of drug-likeness (QED) is 0.855. The summed E-state index contributed by atoms with van der Waals surface area (Å²) >= 11 is 0. The summed E-state index contributed by atoms with van der Waals surface area (Å²) < 4.78 is 0. The van der Waals surface area contributed by atoms with E-state index in [4.69, 9.17) is 0 Å². The van der Waals surface area contributed by atoms with Crippen molar-refractivity contribution in [3.8, 4) is 0 Å². The molecule has 2 heterocycles. The van der Waals surface area contributed by atoms with Crippen molar-refractivity contribution < 1.29 is 9.59 Å². The van der Waals surface area contributed by atoms with E-state index in [1.807, 2.05) is 65.3 Å². The van der Waals surface area contributed by atoms with Crippen molar-refractivity contribution in [2.24, 2.45) is 0 Å². The summed E-state index contributed by atoms with van der Waals surface area (Å²) in [5.74, 6) is 0.371. The molecule has 2 aliphatic heterocycles. The standard InChI is InChI=1S/C22H24N2O2/c1-16-6-8-17(9-7-16)14-21(25)23-12-10-19(11-13-23)24-20-5-3-2-4-18(20)15-22(24)26/h2-9,19H,10-15H2,1H3. The number of carbonyl (C=O) groups excluding carboxylic acids is 2. The first-order valence-corrected chi connectivity index (χ1v) is 9.35. The molecule has 1 saturated heterocycles. The third kappa shape index (κ3) is 3.24. The van der Waals surface area contributed by atoms with Gasteiger partial charge in [-0.1, -0.05) is 48.0 Å². The lowest BCUT2D eigenvalue weighted by molar-refractivity contribution is -0.131. The minimum Gasteiger partial charge on any atom is -0.342 e. The van der Waals surface area contributed by atoms with Crippen LogP contribution in [0.2, 0.25) is 0 Å². The number of carbonyl (C=O) groups is 2. The van der Waals surface area contributed by atoms with Crippen LogP contribution in [-0.4, -0.2) is 35.8 Å². The van der Waals surface area contributed by atoms with Crippen molar-refractivity contribution in [1.29, 1.82) is 0 Å². The number of hydrogen-bond donors (Lipinski definition) is 0. The van der Waals surface area contributed by atoms with Crippen LogP contribution in [0.4, 0.5) is 5.69 Å². The second-order valence-corrected chi connectivity index (χ2v) is 7.34. The summed E-state index contributed by atoms with van der Waals surface area (Å²) in [4.78, 5) is 29.0. The van der Waals surface area contributed by atoms with E-state index in [1.54, 1.807) is 0 Å². The smallest absolute Gasteiger partial charge is 0.231 e. The molecule has 2 amide bonds. The Kier molecular flexibility index (Phi) is 4.49. The Bertz CT molecular complexity index is 820. The number of para-hydroxylation sites is 1. The first-order chi connectivity index (χ1) is 12.6. The Morgan fingerprint density at radius 3 is 2.46 bits per heavy atom. The summed E-state index contributed by atoms with van der Waals surface area (Å²) in [6.45, 7) is 3.50. The number of anilines is 1. The third-order valence-corrected chi connectivity index (χ3v) is 5.52. The van der Waals surface area contributed by atoms with Crippen LogP contribution in [0.1, 0.15) is 29.5 Å². The number of hydrogen-bond acceptors (Lipinski definition) is 2. The van der Waals surface area contributed by atoms with Gasteiger partial charge in [-0.3, -0.25) is 9.59 Å². The lowest BCUT2D eigenvalue weighted by atomic mass is 10.0. The SMILES string of the molecule is Cc1ccc(CC(=O)N2CCC(N3C(=O)Cc4ccccc43)CC2)cc1. The maximum Gasteiger partial charge on any atom is 0.231 e. The van der Waals surface area contributed by atoms with Gasteiger partial charge < -0.3 is 9.80 Å². The molecule has 2 aromatic rings. The summed E-state index contributed by atoms with van der Waals surface area (Å²) in [5, 5.41) is 0. The number of nitrogens with zero attached hydrogens (tertiary/aromatic N) is 2. The molecular formula is C22H24N2O2. The van der Waals surface area contributed by atoms with Gasteiger partial charge in [0.15, 0.2) is 0 Å². The molecule has 0 N–H and O–H groups in total. The molecule has 2 aliphatic rings. The molecule has 1 fully saturated rings. The number of amides is 2. The van der Waals surface area contributed by atoms with Crippen molar-refractivity contribution in [2.75, 3.05) is 18.0 Å². The molecule has 26 heavy (non-hydrogen) atoms. The number of fused-ring (bicyclic) bond motifs is 1. The van der Waals surface area contributed by atoms with E-state index < -0.39 is 0 Å². The van der Waals surface area contributed by atoms with E-state index in [9.17, 15) is 9.59 Å². The van der Waals surface area contributed by atoms with Crippen molar-refractivity contribution in [1.82, 2.24) is 4.90 Å². The maximum atomic E-state index is 12.6. The average Bonchev–Trinajstić information content (AvgIpc) is 2.99. The zero-order valence-electron chi connectivity index (χ0n) is 15.1. The molecule has 4 nitrogen and oxygen atoms in total. The monoisotopic (exact) mass is 348 g/mol. The van der Waals surface area contributed by atoms with Crippen LogP contribution in [0.5, 0.6) is 0 Å². The second-order valence-electron chi connectivity index (χ2n) is 7.34. The van der Waals surface area contributed by atoms with Gasteiger partial charge in [0.25, 0.3) is 0 Å². The zero-order chi connectivity index (χ0) is 18.1. The highest BCUT2D eigenvalue weighted by atomic mass is 16.2. The first-order valence-electron chi connectivity index (χ1n) is 9.35. The average molecular weight is 348 g/mol. The van der Waals surface area contributed by atoms with E-state index >= 15 is 0 Å². The summed E-state index contributed by atoms with van der Waals surface area (Å²) in [6, 6.07) is 16.4. The van der Waals surface area contributed by atoms with Gasteiger partial charge in [-0.2, -0.15) is 0 Å². The molecule has 0 spiro atoms. The van der Waals surface area contributed by atoms with Crippen LogP contribution in [0, 0.1) is 6.92 Å². The molecule has 2 aromatic carbocycles. The fourth-order valence-electron chi connectivity index (χ4n) is 4.04. The number of aryl methyl sites for hydroxylation is 1. The Labute approximate surface area is 154 Å². The number of likely N-dealkylation sites (tertiary alicyclic amines) is 1. The Morgan fingerprint density at radius 2 is 1.73 bits per heavy atom. The molecule has 134 valence electrons. The minimum absolute atomic E-state index is 0.181. The Hall–Kier alpha value is -2.62. The lowest BCUT2D eigenvalue weighted by Crippen LogP contribution is -2.48. The summed E-state index contributed by atoms with van der Waals surface area (Å²) in [7, 11) is 0. The normalized spacial score (nSPS) is 17.5. The van der Waals surface area contributed by atoms with E-state index in [-0.39, 0.29) is 17.9 Å². The van der Waals surface area contributed by atoms with Crippen LogP contribution in [0.15, 0.2) is 48.5 Å². The minimum atomic E-state index is 0.181. The highest BCUT2D eigenvalue weighted by Crippen LogP contribution is 2.33. The van der Waals surface area contributed by atoms with Crippen LogP contribution in [0.3, 0.4) is 0 Å². The third-order valence-electron chi connectivity index (χ3n) is 5.52. The molecule has 0 bridgehead atoms. The van der Waals surface area contributed by atoms with Crippen LogP contribution < -0.4 is 4.90 Å². The van der Waals surface area contributed by atoms with Gasteiger partial charge in [0.2, 0.25) is 11.8 Å². The molecular weight excluding hydrogens is 324 g/mol. The first kappa shape index (κ1) is 16.8. The number of piperidine rings is 1. The predicted octanol–water partition coefficient (Wildman–Crippen LogP) is 3.12. The molecule has 0 unspecified atom stereocenters. The molecule has 0 aromatic heterocycles. The van der Waals surface area contributed by atoms with Gasteiger partial charge >= 0.3 is 0 Å². The fourth-order valence-corrected chi connectivity index (χ4v) is 4.04. The summed E-state index contributed by atoms with van der Waals surface area (Å²) in [6.07, 6.45) is 2.65. The Balaban J connectivity index is 1.37. The van der Waals surface area contributed by atoms with Gasteiger partial charge in [0.05, 0.1) is 12.8 Å². The van der Waals surface area contributed by atoms with Gasteiger partial charge in [-0.15, -0.1) is 0 Å². The topological polar surface area (TPSA) is 40.6 Å². The largest absolute Gasteiger partial charge is 0.342 e. The molecule has 0 aliphatic carbocycles. The van der Waals surface area contributed by atoms with E-state index in [1.165, 1.54) is 5.56 Å². The van der Waals surface area contributed by atoms with Crippen molar-refractivity contribution >= 4 is 17.5 Å². The highest BCUT2D eigenvalue weighted by molar-refractivity contribution is 6.01. The molecule has 0 radical (unpaired) electrons. The fraction of sp³-hybridized carbons (Fsp3) is 0.364. The number of benzene rings is 2. The second kappa shape index (κ2) is 6.94. The Morgan fingerprint density at radius 1 is 1.04 bits per heavy atom. The van der Waals surface area contributed by atoms with Crippen molar-refractivity contribution in [3.63, 3.8) is 0 Å². The van der Waals surface area contributed by atoms with Gasteiger partial charge in [0.1, 0.15) is 0 Å². The molecule has 0 atom stereocenters. The number of rotatable bonds is 3. The van der Waals surface area contributed by atoms with Crippen LogP contribution in [-0.2, 0) is 22.4 Å². The van der Waals surface area contributed by atoms with E-state index in [2.05, 4.69) is 0 Å². The molecule has 4 heteroatoms. The van der Waals surface area contributed by atoms with Crippen LogP contribution >= 0.6 is 0 Å². The summed E-state index contributed by atoms with van der Waals surface area (Å²) in [5.41, 5.74) is 4.45. The van der Waals surface area contributed by atoms with Crippen molar-refractivity contribution in [3.05, 3.63) is 65.2 Å². The molecule has 4 rings (SSSR count). The van der Waals surface area contributed by atoms with Crippen LogP contribution in [0.25, 0.3) is 0 Å². The van der Waals surface area contributed by atoms with E-state index in [0.29, 0.717) is 12.8 Å². The van der Waals surface area contributed by atoms with Crippen molar-refractivity contribution in [2.45, 2.75) is 38.6 Å². The maximum absolute atomic E-state index is 12.6. The van der Waals surface area contributed by atoms with Gasteiger partial charge in [-0.25, -0.2) is 0 Å². The molecule has 0 saturated carbocycles. The zero-order valence-corrected chi connectivity index (χ0v) is 15.1. The highest BCUT2D eigenvalue weighted by Gasteiger charge is 2.35. The van der Waals surface area contributed by atoms with Gasteiger partial charge in [0, 0.05) is 24.8 Å². The lowest BCUT2D eigenvalue weighted by Gasteiger charge is -2.37. The predicted molar refractivity (Wildman–Crippen MR) is 102 cm³/mol. The van der Waals surface area contributed by atoms with E-state index in [0.717, 1.165) is 42.7 Å². The van der Waals surface area contributed by atoms with Gasteiger partial charge in [-0.05, 0) is 37.0 Å².